The highest BCUT2D eigenvalue weighted by Gasteiger charge is 2.14. The molecule has 0 unspecified atom stereocenters. The molecule has 0 aliphatic heterocycles. The van der Waals surface area contributed by atoms with Gasteiger partial charge in [-0.15, -0.1) is 0 Å². The highest BCUT2D eigenvalue weighted by molar-refractivity contribution is 5.74. The average molecular weight is 408 g/mol. The summed E-state index contributed by atoms with van der Waals surface area (Å²) in [5.41, 5.74) is 1.59. The van der Waals surface area contributed by atoms with Gasteiger partial charge in [-0.3, -0.25) is 0 Å². The Hall–Kier alpha value is -3.03. The van der Waals surface area contributed by atoms with E-state index in [1.54, 1.807) is 19.2 Å². The maximum atomic E-state index is 12.4. The van der Waals surface area contributed by atoms with E-state index < -0.39 is 6.61 Å². The van der Waals surface area contributed by atoms with Crippen LogP contribution in [-0.4, -0.2) is 37.8 Å². The zero-order valence-corrected chi connectivity index (χ0v) is 16.9. The van der Waals surface area contributed by atoms with Crippen LogP contribution < -0.4 is 19.5 Å². The summed E-state index contributed by atoms with van der Waals surface area (Å²) >= 11 is 0. The lowest BCUT2D eigenvalue weighted by molar-refractivity contribution is -0.0512. The van der Waals surface area contributed by atoms with Crippen molar-refractivity contribution in [2.75, 3.05) is 14.2 Å². The van der Waals surface area contributed by atoms with E-state index in [2.05, 4.69) is 10.1 Å². The Morgan fingerprint density at radius 1 is 1.07 bits per heavy atom. The van der Waals surface area contributed by atoms with Crippen LogP contribution in [0.3, 0.4) is 0 Å². The number of rotatable bonds is 9. The summed E-state index contributed by atoms with van der Waals surface area (Å²) in [6, 6.07) is 11.8. The number of nitrogens with one attached hydrogen (secondary N) is 1. The molecular weight excluding hydrogens is 382 g/mol. The molecule has 0 radical (unpaired) electrons. The van der Waals surface area contributed by atoms with E-state index in [1.807, 2.05) is 38.1 Å². The fourth-order valence-corrected chi connectivity index (χ4v) is 2.67. The number of halogens is 2. The highest BCUT2D eigenvalue weighted by atomic mass is 19.3. The van der Waals surface area contributed by atoms with Gasteiger partial charge in [0.05, 0.1) is 13.2 Å². The molecule has 0 aliphatic carbocycles. The number of carbonyl (C=O) groups excluding carboxylic acids is 1. The summed E-state index contributed by atoms with van der Waals surface area (Å²) in [4.78, 5) is 13.9. The second-order valence-electron chi connectivity index (χ2n) is 6.65. The molecule has 1 N–H and O–H groups in total. The van der Waals surface area contributed by atoms with Gasteiger partial charge in [0, 0.05) is 25.7 Å². The Balaban J connectivity index is 1.97. The summed E-state index contributed by atoms with van der Waals surface area (Å²) < 4.78 is 40.1. The van der Waals surface area contributed by atoms with Crippen LogP contribution in [0.5, 0.6) is 17.2 Å². The van der Waals surface area contributed by atoms with Gasteiger partial charge >= 0.3 is 12.6 Å². The van der Waals surface area contributed by atoms with E-state index in [0.29, 0.717) is 12.1 Å². The van der Waals surface area contributed by atoms with E-state index in [4.69, 9.17) is 9.47 Å². The van der Waals surface area contributed by atoms with Gasteiger partial charge in [0.25, 0.3) is 0 Å². The summed E-state index contributed by atoms with van der Waals surface area (Å²) in [6.45, 7) is 1.52. The Kier molecular flexibility index (Phi) is 8.06. The van der Waals surface area contributed by atoms with E-state index in [9.17, 15) is 13.6 Å². The third-order valence-electron chi connectivity index (χ3n) is 3.98. The SMILES string of the molecule is COc1cc(CN(C)C(=O)NCc2ccccc2OC(C)C)ccc1OC(F)F. The van der Waals surface area contributed by atoms with Crippen molar-refractivity contribution < 1.29 is 27.8 Å². The summed E-state index contributed by atoms with van der Waals surface area (Å²) in [6.07, 6.45) is 0.0292. The summed E-state index contributed by atoms with van der Waals surface area (Å²) in [7, 11) is 3.01. The van der Waals surface area contributed by atoms with Gasteiger partial charge in [-0.2, -0.15) is 8.78 Å². The minimum absolute atomic E-state index is 0.0292. The molecule has 0 aromatic heterocycles. The molecule has 6 nitrogen and oxygen atoms in total. The van der Waals surface area contributed by atoms with Crippen LogP contribution in [0.4, 0.5) is 13.6 Å². The van der Waals surface area contributed by atoms with Crippen LogP contribution >= 0.6 is 0 Å². The molecule has 158 valence electrons. The number of urea groups is 1. The number of hydrogen-bond acceptors (Lipinski definition) is 4. The molecule has 0 spiro atoms. The minimum Gasteiger partial charge on any atom is -0.493 e. The van der Waals surface area contributed by atoms with Crippen LogP contribution in [0.2, 0.25) is 0 Å². The molecular formula is C21H26F2N2O4. The lowest BCUT2D eigenvalue weighted by atomic mass is 10.2. The predicted octanol–water partition coefficient (Wildman–Crippen LogP) is 4.43. The number of hydrogen-bond donors (Lipinski definition) is 1. The van der Waals surface area contributed by atoms with Gasteiger partial charge in [0.1, 0.15) is 5.75 Å². The fourth-order valence-electron chi connectivity index (χ4n) is 2.67. The van der Waals surface area contributed by atoms with Crippen molar-refractivity contribution >= 4 is 6.03 Å². The predicted molar refractivity (Wildman–Crippen MR) is 106 cm³/mol. The standard InChI is InChI=1S/C21H26F2N2O4/c1-14(2)28-17-8-6-5-7-16(17)12-24-21(26)25(3)13-15-9-10-18(29-20(22)23)19(11-15)27-4/h5-11,14,20H,12-13H2,1-4H3,(H,24,26). The maximum absolute atomic E-state index is 12.4. The Bertz CT molecular complexity index is 815. The molecule has 2 aromatic rings. The Labute approximate surface area is 169 Å². The fraction of sp³-hybridized carbons (Fsp3) is 0.381. The first kappa shape index (κ1) is 22.3. The second kappa shape index (κ2) is 10.5. The second-order valence-corrected chi connectivity index (χ2v) is 6.65. The van der Waals surface area contributed by atoms with Crippen molar-refractivity contribution in [2.45, 2.75) is 39.7 Å². The Morgan fingerprint density at radius 2 is 1.79 bits per heavy atom. The topological polar surface area (TPSA) is 60.0 Å². The van der Waals surface area contributed by atoms with Gasteiger partial charge in [0.2, 0.25) is 0 Å². The number of ether oxygens (including phenoxy) is 3. The maximum Gasteiger partial charge on any atom is 0.387 e. The molecule has 2 aromatic carbocycles. The monoisotopic (exact) mass is 408 g/mol. The number of amides is 2. The smallest absolute Gasteiger partial charge is 0.387 e. The van der Waals surface area contributed by atoms with Crippen molar-refractivity contribution in [1.29, 1.82) is 0 Å². The van der Waals surface area contributed by atoms with Crippen LogP contribution in [-0.2, 0) is 13.1 Å². The van der Waals surface area contributed by atoms with Crippen molar-refractivity contribution in [2.24, 2.45) is 0 Å². The number of nitrogens with zero attached hydrogens (tertiary/aromatic N) is 1. The van der Waals surface area contributed by atoms with Crippen molar-refractivity contribution in [3.8, 4) is 17.2 Å². The summed E-state index contributed by atoms with van der Waals surface area (Å²) in [5.74, 6) is 0.848. The number of alkyl halides is 2. The number of benzene rings is 2. The van der Waals surface area contributed by atoms with E-state index in [0.717, 1.165) is 11.3 Å². The largest absolute Gasteiger partial charge is 0.493 e. The van der Waals surface area contributed by atoms with Crippen molar-refractivity contribution in [3.05, 3.63) is 53.6 Å². The average Bonchev–Trinajstić information content (AvgIpc) is 2.67. The zero-order valence-electron chi connectivity index (χ0n) is 16.9. The number of para-hydroxylation sites is 1. The van der Waals surface area contributed by atoms with Gasteiger partial charge in [-0.1, -0.05) is 24.3 Å². The zero-order chi connectivity index (χ0) is 21.4. The number of methoxy groups -OCH3 is 1. The normalized spacial score (nSPS) is 10.8. The van der Waals surface area contributed by atoms with E-state index >= 15 is 0 Å². The van der Waals surface area contributed by atoms with Gasteiger partial charge < -0.3 is 24.4 Å². The van der Waals surface area contributed by atoms with Gasteiger partial charge in [0.15, 0.2) is 11.5 Å². The van der Waals surface area contributed by atoms with Gasteiger partial charge in [-0.25, -0.2) is 4.79 Å². The molecule has 0 atom stereocenters. The quantitative estimate of drug-likeness (QED) is 0.667. The molecule has 29 heavy (non-hydrogen) atoms. The van der Waals surface area contributed by atoms with Gasteiger partial charge in [-0.05, 0) is 37.6 Å². The first-order valence-electron chi connectivity index (χ1n) is 9.15. The summed E-state index contributed by atoms with van der Waals surface area (Å²) in [5, 5.41) is 2.85. The molecule has 0 aliphatic rings. The molecule has 0 bridgehead atoms. The molecule has 0 fully saturated rings. The van der Waals surface area contributed by atoms with Crippen molar-refractivity contribution in [3.63, 3.8) is 0 Å². The molecule has 2 amide bonds. The molecule has 0 saturated carbocycles. The minimum atomic E-state index is -2.94. The van der Waals surface area contributed by atoms with E-state index in [1.165, 1.54) is 18.1 Å². The molecule has 0 saturated heterocycles. The first-order valence-corrected chi connectivity index (χ1v) is 9.15. The van der Waals surface area contributed by atoms with Crippen LogP contribution in [0.1, 0.15) is 25.0 Å². The van der Waals surface area contributed by atoms with Crippen LogP contribution in [0, 0.1) is 0 Å². The molecule has 2 rings (SSSR count). The highest BCUT2D eigenvalue weighted by Crippen LogP contribution is 2.29. The third-order valence-corrected chi connectivity index (χ3v) is 3.98. The van der Waals surface area contributed by atoms with Crippen LogP contribution in [0.25, 0.3) is 0 Å². The first-order chi connectivity index (χ1) is 13.8. The Morgan fingerprint density at radius 3 is 2.45 bits per heavy atom. The molecule has 8 heteroatoms. The van der Waals surface area contributed by atoms with Crippen molar-refractivity contribution in [1.82, 2.24) is 10.2 Å². The molecule has 0 heterocycles. The lowest BCUT2D eigenvalue weighted by Crippen LogP contribution is -2.36. The van der Waals surface area contributed by atoms with E-state index in [-0.39, 0.29) is 30.2 Å². The van der Waals surface area contributed by atoms with Crippen LogP contribution in [0.15, 0.2) is 42.5 Å². The lowest BCUT2D eigenvalue weighted by Gasteiger charge is -2.20. The third kappa shape index (κ3) is 6.81. The number of carbonyl (C=O) groups is 1.